The summed E-state index contributed by atoms with van der Waals surface area (Å²) < 4.78 is 4.87. The van der Waals surface area contributed by atoms with Gasteiger partial charge in [-0.1, -0.05) is 52.0 Å². The van der Waals surface area contributed by atoms with Gasteiger partial charge in [-0.2, -0.15) is 0 Å². The molecule has 1 aliphatic carbocycles. The molecule has 3 nitrogen and oxygen atoms in total. The number of methoxy groups -OCH3 is 1. The number of carboxylic acids is 1. The lowest BCUT2D eigenvalue weighted by atomic mass is 9.63. The molecule has 0 radical (unpaired) electrons. The van der Waals surface area contributed by atoms with Crippen molar-refractivity contribution in [1.29, 1.82) is 0 Å². The van der Waals surface area contributed by atoms with Crippen molar-refractivity contribution >= 4 is 11.5 Å². The predicted octanol–water partition coefficient (Wildman–Crippen LogP) is 5.05. The average Bonchev–Trinajstić information content (AvgIpc) is 2.51. The minimum absolute atomic E-state index is 0.0613. The third-order valence-electron chi connectivity index (χ3n) is 5.22. The first-order chi connectivity index (χ1) is 11.1. The first kappa shape index (κ1) is 18.3. The smallest absolute Gasteiger partial charge is 0.371 e. The lowest BCUT2D eigenvalue weighted by Gasteiger charge is -2.42. The van der Waals surface area contributed by atoms with Crippen LogP contribution in [-0.2, 0) is 20.4 Å². The molecule has 3 heteroatoms. The highest BCUT2D eigenvalue weighted by molar-refractivity contribution is 5.85. The Morgan fingerprint density at radius 1 is 1.08 bits per heavy atom. The van der Waals surface area contributed by atoms with E-state index in [0.29, 0.717) is 0 Å². The van der Waals surface area contributed by atoms with Crippen molar-refractivity contribution in [3.63, 3.8) is 0 Å². The lowest BCUT2D eigenvalue weighted by molar-refractivity contribution is -0.136. The van der Waals surface area contributed by atoms with Gasteiger partial charge in [0.25, 0.3) is 0 Å². The van der Waals surface area contributed by atoms with Gasteiger partial charge in [-0.05, 0) is 58.9 Å². The first-order valence-electron chi connectivity index (χ1n) is 8.40. The fourth-order valence-electron chi connectivity index (χ4n) is 3.36. The van der Waals surface area contributed by atoms with Crippen molar-refractivity contribution in [3.8, 4) is 0 Å². The molecule has 0 bridgehead atoms. The molecule has 0 aromatic heterocycles. The molecule has 130 valence electrons. The minimum Gasteiger partial charge on any atom is -0.490 e. The molecule has 0 unspecified atom stereocenters. The van der Waals surface area contributed by atoms with E-state index < -0.39 is 5.97 Å². The Bertz CT molecular complexity index is 706. The van der Waals surface area contributed by atoms with Crippen molar-refractivity contribution in [2.45, 2.75) is 58.3 Å². The number of hydrogen-bond donors (Lipinski definition) is 1. The molecule has 0 saturated heterocycles. The molecule has 1 aromatic rings. The van der Waals surface area contributed by atoms with Crippen molar-refractivity contribution < 1.29 is 14.6 Å². The molecule has 0 spiro atoms. The van der Waals surface area contributed by atoms with Gasteiger partial charge in [-0.25, -0.2) is 4.79 Å². The number of allylic oxidation sites excluding steroid dienone is 3. The Kier molecular flexibility index (Phi) is 4.93. The summed E-state index contributed by atoms with van der Waals surface area (Å²) in [6, 6.07) is 6.64. The largest absolute Gasteiger partial charge is 0.490 e. The van der Waals surface area contributed by atoms with Gasteiger partial charge < -0.3 is 9.84 Å². The second-order valence-electron chi connectivity index (χ2n) is 7.92. The SMILES string of the molecule is CO/C(=C/C=C(\C)c1ccc2c(c1)C(C)(C)CCC2(C)C)C(=O)O. The highest BCUT2D eigenvalue weighted by Gasteiger charge is 2.36. The molecule has 1 N–H and O–H groups in total. The van der Waals surface area contributed by atoms with Gasteiger partial charge in [0.2, 0.25) is 5.76 Å². The molecular formula is C21H28O3. The van der Waals surface area contributed by atoms with Crippen LogP contribution >= 0.6 is 0 Å². The Morgan fingerprint density at radius 2 is 1.67 bits per heavy atom. The van der Waals surface area contributed by atoms with Gasteiger partial charge in [0.15, 0.2) is 0 Å². The fraction of sp³-hybridized carbons (Fsp3) is 0.476. The van der Waals surface area contributed by atoms with E-state index in [2.05, 4.69) is 45.9 Å². The predicted molar refractivity (Wildman–Crippen MR) is 98.1 cm³/mol. The molecule has 0 fully saturated rings. The monoisotopic (exact) mass is 328 g/mol. The van der Waals surface area contributed by atoms with Crippen LogP contribution in [0.2, 0.25) is 0 Å². The van der Waals surface area contributed by atoms with Crippen LogP contribution in [0.1, 0.15) is 64.2 Å². The van der Waals surface area contributed by atoms with Crippen LogP contribution in [0.25, 0.3) is 5.57 Å². The van der Waals surface area contributed by atoms with Gasteiger partial charge in [0.1, 0.15) is 0 Å². The highest BCUT2D eigenvalue weighted by Crippen LogP contribution is 2.46. The number of carbonyl (C=O) groups is 1. The summed E-state index contributed by atoms with van der Waals surface area (Å²) >= 11 is 0. The number of aliphatic carboxylic acids is 1. The number of carboxylic acid groups (broad SMARTS) is 1. The maximum Gasteiger partial charge on any atom is 0.371 e. The maximum absolute atomic E-state index is 11.0. The number of fused-ring (bicyclic) bond motifs is 1. The van der Waals surface area contributed by atoms with Gasteiger partial charge in [-0.3, -0.25) is 0 Å². The second-order valence-corrected chi connectivity index (χ2v) is 7.92. The number of benzene rings is 1. The highest BCUT2D eigenvalue weighted by atomic mass is 16.5. The van der Waals surface area contributed by atoms with Crippen LogP contribution in [0.3, 0.4) is 0 Å². The number of hydrogen-bond acceptors (Lipinski definition) is 2. The van der Waals surface area contributed by atoms with E-state index >= 15 is 0 Å². The Labute approximate surface area is 145 Å². The van der Waals surface area contributed by atoms with E-state index in [9.17, 15) is 4.79 Å². The van der Waals surface area contributed by atoms with E-state index in [1.807, 2.05) is 6.92 Å². The molecule has 24 heavy (non-hydrogen) atoms. The Balaban J connectivity index is 2.46. The fourth-order valence-corrected chi connectivity index (χ4v) is 3.36. The number of ether oxygens (including phenoxy) is 1. The summed E-state index contributed by atoms with van der Waals surface area (Å²) in [5, 5.41) is 9.02. The van der Waals surface area contributed by atoms with Crippen LogP contribution in [-0.4, -0.2) is 18.2 Å². The standard InChI is InChI=1S/C21H28O3/c1-14(7-10-18(24-6)19(22)23)15-8-9-16-17(13-15)21(4,5)12-11-20(16,2)3/h7-10,13H,11-12H2,1-6H3,(H,22,23)/b14-7+,18-10+. The molecule has 0 aliphatic heterocycles. The first-order valence-corrected chi connectivity index (χ1v) is 8.40. The molecule has 0 atom stereocenters. The van der Waals surface area contributed by atoms with E-state index in [0.717, 1.165) is 11.1 Å². The topological polar surface area (TPSA) is 46.5 Å². The van der Waals surface area contributed by atoms with Crippen molar-refractivity contribution in [3.05, 3.63) is 52.8 Å². The summed E-state index contributed by atoms with van der Waals surface area (Å²) in [6.07, 6.45) is 5.67. The molecule has 0 amide bonds. The molecule has 1 aliphatic rings. The van der Waals surface area contributed by atoms with E-state index in [1.54, 1.807) is 6.08 Å². The van der Waals surface area contributed by atoms with Gasteiger partial charge in [0.05, 0.1) is 7.11 Å². The Hall–Kier alpha value is -2.03. The lowest BCUT2D eigenvalue weighted by Crippen LogP contribution is -2.33. The van der Waals surface area contributed by atoms with Crippen LogP contribution in [0, 0.1) is 0 Å². The minimum atomic E-state index is -1.06. The average molecular weight is 328 g/mol. The van der Waals surface area contributed by atoms with Gasteiger partial charge in [0, 0.05) is 0 Å². The third-order valence-corrected chi connectivity index (χ3v) is 5.22. The van der Waals surface area contributed by atoms with Crippen LogP contribution in [0.5, 0.6) is 0 Å². The zero-order valence-electron chi connectivity index (χ0n) is 15.6. The van der Waals surface area contributed by atoms with Gasteiger partial charge >= 0.3 is 5.97 Å². The summed E-state index contributed by atoms with van der Waals surface area (Å²) in [7, 11) is 1.37. The van der Waals surface area contributed by atoms with E-state index in [4.69, 9.17) is 9.84 Å². The van der Waals surface area contributed by atoms with E-state index in [1.165, 1.54) is 37.2 Å². The number of rotatable bonds is 4. The Morgan fingerprint density at radius 3 is 2.21 bits per heavy atom. The van der Waals surface area contributed by atoms with Crippen molar-refractivity contribution in [2.24, 2.45) is 0 Å². The summed E-state index contributed by atoms with van der Waals surface area (Å²) in [4.78, 5) is 11.0. The summed E-state index contributed by atoms with van der Waals surface area (Å²) in [5.41, 5.74) is 5.33. The maximum atomic E-state index is 11.0. The normalized spacial score (nSPS) is 19.6. The summed E-state index contributed by atoms with van der Waals surface area (Å²) in [6.45, 7) is 11.2. The molecule has 0 heterocycles. The quantitative estimate of drug-likeness (QED) is 0.478. The molecule has 2 rings (SSSR count). The van der Waals surface area contributed by atoms with Gasteiger partial charge in [-0.15, -0.1) is 0 Å². The summed E-state index contributed by atoms with van der Waals surface area (Å²) in [5.74, 6) is -1.12. The van der Waals surface area contributed by atoms with Crippen molar-refractivity contribution in [2.75, 3.05) is 7.11 Å². The molecule has 0 saturated carbocycles. The van der Waals surface area contributed by atoms with Crippen molar-refractivity contribution in [1.82, 2.24) is 0 Å². The molecule has 1 aromatic carbocycles. The molecular weight excluding hydrogens is 300 g/mol. The zero-order valence-corrected chi connectivity index (χ0v) is 15.6. The zero-order chi connectivity index (χ0) is 18.1. The van der Waals surface area contributed by atoms with Crippen LogP contribution in [0.15, 0.2) is 36.1 Å². The second kappa shape index (κ2) is 6.46. The van der Waals surface area contributed by atoms with Crippen LogP contribution < -0.4 is 0 Å². The third kappa shape index (κ3) is 3.55. The van der Waals surface area contributed by atoms with Crippen LogP contribution in [0.4, 0.5) is 0 Å². The van der Waals surface area contributed by atoms with E-state index in [-0.39, 0.29) is 16.6 Å².